The number of alkyl halides is 3. The molecule has 0 unspecified atom stereocenters. The molecule has 0 aliphatic carbocycles. The number of hydrogen-bond donors (Lipinski definition) is 1. The van der Waals surface area contributed by atoms with Crippen molar-refractivity contribution in [3.8, 4) is 23.0 Å². The fraction of sp³-hybridized carbons (Fsp3) is 0.214. The summed E-state index contributed by atoms with van der Waals surface area (Å²) >= 11 is 0. The molecule has 1 amide bonds. The van der Waals surface area contributed by atoms with Gasteiger partial charge in [-0.15, -0.1) is 0 Å². The minimum absolute atomic E-state index is 0.0416. The van der Waals surface area contributed by atoms with E-state index in [-0.39, 0.29) is 34.8 Å². The summed E-state index contributed by atoms with van der Waals surface area (Å²) in [6.45, 7) is 5.31. The normalized spacial score (nSPS) is 11.3. The number of anilines is 1. The fourth-order valence-corrected chi connectivity index (χ4v) is 3.73. The Morgan fingerprint density at radius 1 is 0.974 bits per heavy atom. The molecular formula is C28H24F3NO6. The first kappa shape index (κ1) is 26.6. The van der Waals surface area contributed by atoms with Crippen molar-refractivity contribution in [1.82, 2.24) is 0 Å². The summed E-state index contributed by atoms with van der Waals surface area (Å²) in [4.78, 5) is 25.4. The average molecular weight is 527 g/mol. The van der Waals surface area contributed by atoms with Gasteiger partial charge in [0.15, 0.2) is 18.1 Å². The zero-order valence-corrected chi connectivity index (χ0v) is 20.8. The molecule has 4 rings (SSSR count). The van der Waals surface area contributed by atoms with Gasteiger partial charge in [-0.2, -0.15) is 13.2 Å². The van der Waals surface area contributed by atoms with E-state index in [9.17, 15) is 22.8 Å². The second kappa shape index (κ2) is 10.9. The molecule has 38 heavy (non-hydrogen) atoms. The van der Waals surface area contributed by atoms with E-state index in [1.54, 1.807) is 19.1 Å². The average Bonchev–Trinajstić information content (AvgIpc) is 2.86. The van der Waals surface area contributed by atoms with Crippen LogP contribution in [0.15, 0.2) is 69.9 Å². The number of carbonyl (C=O) groups excluding carboxylic acids is 1. The maximum absolute atomic E-state index is 13.9. The lowest BCUT2D eigenvalue weighted by atomic mass is 10.1. The van der Waals surface area contributed by atoms with Crippen LogP contribution in [0.5, 0.6) is 23.0 Å². The van der Waals surface area contributed by atoms with Gasteiger partial charge >= 0.3 is 6.18 Å². The van der Waals surface area contributed by atoms with Crippen molar-refractivity contribution in [2.24, 2.45) is 0 Å². The lowest BCUT2D eigenvalue weighted by molar-refractivity contribution is -0.154. The van der Waals surface area contributed by atoms with E-state index in [0.29, 0.717) is 5.69 Å². The Morgan fingerprint density at radius 2 is 1.71 bits per heavy atom. The van der Waals surface area contributed by atoms with Gasteiger partial charge in [0.05, 0.1) is 12.0 Å². The predicted molar refractivity (Wildman–Crippen MR) is 135 cm³/mol. The number of benzene rings is 3. The molecule has 0 bridgehead atoms. The Morgan fingerprint density at radius 3 is 2.39 bits per heavy atom. The van der Waals surface area contributed by atoms with Crippen molar-refractivity contribution < 1.29 is 36.6 Å². The highest BCUT2D eigenvalue weighted by Crippen LogP contribution is 2.40. The number of halogens is 3. The van der Waals surface area contributed by atoms with Gasteiger partial charge in [0.1, 0.15) is 11.3 Å². The van der Waals surface area contributed by atoms with E-state index in [0.717, 1.165) is 17.2 Å². The van der Waals surface area contributed by atoms with Crippen LogP contribution in [0, 0.1) is 13.8 Å². The molecule has 0 atom stereocenters. The van der Waals surface area contributed by atoms with Crippen molar-refractivity contribution in [1.29, 1.82) is 0 Å². The Kier molecular flexibility index (Phi) is 7.61. The van der Waals surface area contributed by atoms with Gasteiger partial charge in [-0.05, 0) is 56.7 Å². The van der Waals surface area contributed by atoms with E-state index in [2.05, 4.69) is 5.32 Å². The second-order valence-corrected chi connectivity index (χ2v) is 8.38. The van der Waals surface area contributed by atoms with Crippen LogP contribution in [0.3, 0.4) is 0 Å². The first-order chi connectivity index (χ1) is 18.1. The van der Waals surface area contributed by atoms with E-state index in [1.165, 1.54) is 30.3 Å². The number of aryl methyl sites for hydroxylation is 2. The molecule has 198 valence electrons. The van der Waals surface area contributed by atoms with E-state index in [4.69, 9.17) is 18.6 Å². The number of fused-ring (bicyclic) bond motifs is 1. The van der Waals surface area contributed by atoms with Crippen LogP contribution in [0.25, 0.3) is 11.0 Å². The Bertz CT molecular complexity index is 1540. The molecule has 0 aliphatic rings. The number of para-hydroxylation sites is 2. The highest BCUT2D eigenvalue weighted by Gasteiger charge is 2.40. The number of hydrogen-bond acceptors (Lipinski definition) is 6. The summed E-state index contributed by atoms with van der Waals surface area (Å²) in [5.74, 6) is -2.94. The van der Waals surface area contributed by atoms with Crippen LogP contribution in [-0.4, -0.2) is 19.1 Å². The highest BCUT2D eigenvalue weighted by atomic mass is 19.4. The van der Waals surface area contributed by atoms with Crippen LogP contribution in [0.4, 0.5) is 18.9 Å². The molecule has 0 saturated carbocycles. The Hall–Kier alpha value is -4.47. The number of rotatable bonds is 8. The van der Waals surface area contributed by atoms with Crippen molar-refractivity contribution in [2.45, 2.75) is 26.9 Å². The van der Waals surface area contributed by atoms with Gasteiger partial charge in [0.2, 0.25) is 11.2 Å². The molecule has 1 heterocycles. The lowest BCUT2D eigenvalue weighted by Gasteiger charge is -2.15. The second-order valence-electron chi connectivity index (χ2n) is 8.38. The number of carbonyl (C=O) groups is 1. The number of nitrogens with one attached hydrogen (secondary N) is 1. The first-order valence-electron chi connectivity index (χ1n) is 11.6. The van der Waals surface area contributed by atoms with Crippen molar-refractivity contribution in [3.05, 3.63) is 87.8 Å². The third kappa shape index (κ3) is 5.91. The SMILES string of the molecule is CCOc1ccccc1Oc1c(C(F)(F)F)oc2cc(OCC(=O)Nc3ccc(C)cc3C)ccc2c1=O. The molecular weight excluding hydrogens is 503 g/mol. The molecule has 1 aromatic heterocycles. The molecule has 4 aromatic rings. The molecule has 0 fully saturated rings. The van der Waals surface area contributed by atoms with E-state index < -0.39 is 35.6 Å². The molecule has 0 radical (unpaired) electrons. The summed E-state index contributed by atoms with van der Waals surface area (Å²) < 4.78 is 63.0. The van der Waals surface area contributed by atoms with Gasteiger partial charge in [0, 0.05) is 11.8 Å². The van der Waals surface area contributed by atoms with Gasteiger partial charge in [-0.1, -0.05) is 29.8 Å². The third-order valence-electron chi connectivity index (χ3n) is 5.47. The molecule has 0 spiro atoms. The summed E-state index contributed by atoms with van der Waals surface area (Å²) in [6, 6.07) is 15.3. The van der Waals surface area contributed by atoms with Gasteiger partial charge in [-0.3, -0.25) is 9.59 Å². The summed E-state index contributed by atoms with van der Waals surface area (Å²) in [6.07, 6.45) is -5.04. The quantitative estimate of drug-likeness (QED) is 0.277. The molecule has 0 saturated heterocycles. The molecule has 0 aliphatic heterocycles. The Balaban J connectivity index is 1.61. The number of ether oxygens (including phenoxy) is 3. The van der Waals surface area contributed by atoms with Crippen LogP contribution >= 0.6 is 0 Å². The summed E-state index contributed by atoms with van der Waals surface area (Å²) in [5.41, 5.74) is 1.12. The molecule has 7 nitrogen and oxygen atoms in total. The smallest absolute Gasteiger partial charge is 0.453 e. The van der Waals surface area contributed by atoms with Crippen LogP contribution in [-0.2, 0) is 11.0 Å². The van der Waals surface area contributed by atoms with Crippen molar-refractivity contribution >= 4 is 22.6 Å². The Labute approximate surface area is 215 Å². The van der Waals surface area contributed by atoms with E-state index in [1.807, 2.05) is 26.0 Å². The first-order valence-corrected chi connectivity index (χ1v) is 11.6. The molecule has 10 heteroatoms. The maximum Gasteiger partial charge on any atom is 0.453 e. The standard InChI is InChI=1S/C28H24F3NO6/c1-4-35-21-7-5-6-8-22(21)37-26-25(34)19-11-10-18(14-23(19)38-27(26)28(29,30)31)36-15-24(33)32-20-12-9-16(2)13-17(20)3/h5-14H,4,15H2,1-3H3,(H,32,33). The predicted octanol–water partition coefficient (Wildman–Crippen LogP) is 6.64. The zero-order valence-electron chi connectivity index (χ0n) is 20.8. The summed E-state index contributed by atoms with van der Waals surface area (Å²) in [7, 11) is 0. The van der Waals surface area contributed by atoms with Gasteiger partial charge in [-0.25, -0.2) is 0 Å². The highest BCUT2D eigenvalue weighted by molar-refractivity contribution is 5.92. The van der Waals surface area contributed by atoms with Crippen LogP contribution in [0.2, 0.25) is 0 Å². The molecule has 1 N–H and O–H groups in total. The van der Waals surface area contributed by atoms with Crippen LogP contribution in [0.1, 0.15) is 23.8 Å². The minimum atomic E-state index is -5.04. The lowest BCUT2D eigenvalue weighted by Crippen LogP contribution is -2.20. The van der Waals surface area contributed by atoms with Crippen molar-refractivity contribution in [3.63, 3.8) is 0 Å². The van der Waals surface area contributed by atoms with Gasteiger partial charge < -0.3 is 23.9 Å². The largest absolute Gasteiger partial charge is 0.490 e. The van der Waals surface area contributed by atoms with Crippen LogP contribution < -0.4 is 25.0 Å². The van der Waals surface area contributed by atoms with E-state index >= 15 is 0 Å². The zero-order chi connectivity index (χ0) is 27.4. The summed E-state index contributed by atoms with van der Waals surface area (Å²) in [5, 5.41) is 2.56. The number of amides is 1. The topological polar surface area (TPSA) is 87.0 Å². The monoisotopic (exact) mass is 527 g/mol. The van der Waals surface area contributed by atoms with Crippen molar-refractivity contribution in [2.75, 3.05) is 18.5 Å². The van der Waals surface area contributed by atoms with Gasteiger partial charge in [0.25, 0.3) is 11.7 Å². The maximum atomic E-state index is 13.9. The minimum Gasteiger partial charge on any atom is -0.490 e. The fourth-order valence-electron chi connectivity index (χ4n) is 3.73. The third-order valence-corrected chi connectivity index (χ3v) is 5.47. The molecule has 3 aromatic carbocycles.